The SMILES string of the molecule is C=C(CC)c1ccn2c(C)c(-c3[nH]c4ccccc4c3Br)nc2c1. The molecular formula is C20H18BrN3. The summed E-state index contributed by atoms with van der Waals surface area (Å²) in [6, 6.07) is 12.5. The van der Waals surface area contributed by atoms with Crippen LogP contribution in [0.3, 0.4) is 0 Å². The van der Waals surface area contributed by atoms with E-state index in [1.807, 2.05) is 12.1 Å². The zero-order valence-electron chi connectivity index (χ0n) is 13.7. The minimum atomic E-state index is 0.941. The lowest BCUT2D eigenvalue weighted by Crippen LogP contribution is -1.90. The Hall–Kier alpha value is -2.33. The van der Waals surface area contributed by atoms with Gasteiger partial charge in [-0.3, -0.25) is 0 Å². The van der Waals surface area contributed by atoms with E-state index in [0.717, 1.165) is 50.3 Å². The van der Waals surface area contributed by atoms with E-state index in [4.69, 9.17) is 4.98 Å². The summed E-state index contributed by atoms with van der Waals surface area (Å²) in [4.78, 5) is 8.37. The zero-order chi connectivity index (χ0) is 16.8. The Labute approximate surface area is 149 Å². The fraction of sp³-hybridized carbons (Fsp3) is 0.150. The van der Waals surface area contributed by atoms with Gasteiger partial charge in [0.25, 0.3) is 0 Å². The molecule has 0 saturated carbocycles. The topological polar surface area (TPSA) is 33.1 Å². The Morgan fingerprint density at radius 1 is 1.29 bits per heavy atom. The average Bonchev–Trinajstić information content (AvgIpc) is 3.11. The standard InChI is InChI=1S/C20H18BrN3/c1-4-12(2)14-9-10-24-13(3)19(23-17(24)11-14)20-18(21)15-7-5-6-8-16(15)22-20/h5-11,22H,2,4H2,1,3H3. The van der Waals surface area contributed by atoms with E-state index in [9.17, 15) is 0 Å². The van der Waals surface area contributed by atoms with Crippen LogP contribution in [0.2, 0.25) is 0 Å². The predicted molar refractivity (Wildman–Crippen MR) is 104 cm³/mol. The summed E-state index contributed by atoms with van der Waals surface area (Å²) in [5, 5.41) is 1.17. The lowest BCUT2D eigenvalue weighted by atomic mass is 10.1. The van der Waals surface area contributed by atoms with Crippen LogP contribution in [0.5, 0.6) is 0 Å². The molecule has 0 fully saturated rings. The molecule has 0 bridgehead atoms. The lowest BCUT2D eigenvalue weighted by molar-refractivity contribution is 1.10. The number of hydrogen-bond acceptors (Lipinski definition) is 1. The molecule has 1 N–H and O–H groups in total. The summed E-state index contributed by atoms with van der Waals surface area (Å²) in [5.74, 6) is 0. The number of para-hydroxylation sites is 1. The number of aromatic amines is 1. The number of rotatable bonds is 3. The summed E-state index contributed by atoms with van der Waals surface area (Å²) < 4.78 is 3.18. The number of hydrogen-bond donors (Lipinski definition) is 1. The second-order valence-electron chi connectivity index (χ2n) is 6.01. The third kappa shape index (κ3) is 2.21. The van der Waals surface area contributed by atoms with Crippen molar-refractivity contribution in [2.45, 2.75) is 20.3 Å². The van der Waals surface area contributed by atoms with Crippen LogP contribution in [-0.4, -0.2) is 14.4 Å². The summed E-state index contributed by atoms with van der Waals surface area (Å²) in [5.41, 5.74) is 7.44. The van der Waals surface area contributed by atoms with Crippen molar-refractivity contribution < 1.29 is 0 Å². The van der Waals surface area contributed by atoms with Crippen LogP contribution < -0.4 is 0 Å². The molecule has 120 valence electrons. The largest absolute Gasteiger partial charge is 0.352 e. The number of fused-ring (bicyclic) bond motifs is 2. The van der Waals surface area contributed by atoms with Gasteiger partial charge >= 0.3 is 0 Å². The second kappa shape index (κ2) is 5.64. The van der Waals surface area contributed by atoms with Gasteiger partial charge in [-0.1, -0.05) is 31.7 Å². The van der Waals surface area contributed by atoms with Gasteiger partial charge in [0.2, 0.25) is 0 Å². The fourth-order valence-electron chi connectivity index (χ4n) is 3.10. The Kier molecular flexibility index (Phi) is 3.57. The third-order valence-corrected chi connectivity index (χ3v) is 5.40. The lowest BCUT2D eigenvalue weighted by Gasteiger charge is -2.03. The normalized spacial score (nSPS) is 11.5. The first-order chi connectivity index (χ1) is 11.6. The molecule has 3 aromatic heterocycles. The predicted octanol–water partition coefficient (Wildman–Crippen LogP) is 5.98. The number of nitrogens with zero attached hydrogens (tertiary/aromatic N) is 2. The van der Waals surface area contributed by atoms with Gasteiger partial charge in [-0.15, -0.1) is 0 Å². The number of allylic oxidation sites excluding steroid dienone is 1. The molecule has 0 radical (unpaired) electrons. The van der Waals surface area contributed by atoms with Gasteiger partial charge in [-0.05, 0) is 58.6 Å². The van der Waals surface area contributed by atoms with Crippen molar-refractivity contribution in [3.63, 3.8) is 0 Å². The smallest absolute Gasteiger partial charge is 0.138 e. The maximum absolute atomic E-state index is 4.88. The maximum atomic E-state index is 4.88. The van der Waals surface area contributed by atoms with E-state index in [1.165, 1.54) is 5.39 Å². The molecule has 4 aromatic rings. The Balaban J connectivity index is 1.94. The molecule has 4 heteroatoms. The monoisotopic (exact) mass is 379 g/mol. The molecule has 0 spiro atoms. The maximum Gasteiger partial charge on any atom is 0.138 e. The van der Waals surface area contributed by atoms with Gasteiger partial charge in [-0.25, -0.2) is 4.98 Å². The molecule has 3 nitrogen and oxygen atoms in total. The second-order valence-corrected chi connectivity index (χ2v) is 6.80. The highest BCUT2D eigenvalue weighted by molar-refractivity contribution is 9.10. The molecule has 0 unspecified atom stereocenters. The number of aryl methyl sites for hydroxylation is 1. The number of H-pyrrole nitrogens is 1. The van der Waals surface area contributed by atoms with E-state index in [2.05, 4.69) is 76.2 Å². The number of aromatic nitrogens is 3. The summed E-state index contributed by atoms with van der Waals surface area (Å²) in [7, 11) is 0. The number of imidazole rings is 1. The average molecular weight is 380 g/mol. The molecule has 0 saturated heterocycles. The fourth-order valence-corrected chi connectivity index (χ4v) is 3.73. The first-order valence-electron chi connectivity index (χ1n) is 8.03. The van der Waals surface area contributed by atoms with E-state index in [0.29, 0.717) is 0 Å². The van der Waals surface area contributed by atoms with Crippen LogP contribution >= 0.6 is 15.9 Å². The van der Waals surface area contributed by atoms with Gasteiger partial charge in [0.15, 0.2) is 0 Å². The Bertz CT molecular complexity index is 1090. The molecule has 0 atom stereocenters. The summed E-state index contributed by atoms with van der Waals surface area (Å²) in [6.45, 7) is 8.35. The van der Waals surface area contributed by atoms with Crippen molar-refractivity contribution in [1.82, 2.24) is 14.4 Å². The van der Waals surface area contributed by atoms with Gasteiger partial charge in [0.05, 0.1) is 10.2 Å². The highest BCUT2D eigenvalue weighted by atomic mass is 79.9. The van der Waals surface area contributed by atoms with Gasteiger partial charge in [0, 0.05) is 22.8 Å². The molecule has 3 heterocycles. The van der Waals surface area contributed by atoms with Crippen molar-refractivity contribution in [3.8, 4) is 11.4 Å². The molecule has 0 amide bonds. The first kappa shape index (κ1) is 15.2. The van der Waals surface area contributed by atoms with Crippen LogP contribution in [0.1, 0.15) is 24.6 Å². The van der Waals surface area contributed by atoms with Crippen molar-refractivity contribution in [1.29, 1.82) is 0 Å². The summed E-state index contributed by atoms with van der Waals surface area (Å²) >= 11 is 3.73. The zero-order valence-corrected chi connectivity index (χ0v) is 15.3. The number of halogens is 1. The van der Waals surface area contributed by atoms with Crippen LogP contribution in [-0.2, 0) is 0 Å². The van der Waals surface area contributed by atoms with Crippen LogP contribution in [0.25, 0.3) is 33.5 Å². The van der Waals surface area contributed by atoms with Gasteiger partial charge < -0.3 is 9.38 Å². The van der Waals surface area contributed by atoms with Crippen molar-refractivity contribution >= 4 is 38.1 Å². The van der Waals surface area contributed by atoms with Crippen LogP contribution in [0, 0.1) is 6.92 Å². The van der Waals surface area contributed by atoms with E-state index in [-0.39, 0.29) is 0 Å². The summed E-state index contributed by atoms with van der Waals surface area (Å²) in [6.07, 6.45) is 3.02. The van der Waals surface area contributed by atoms with Gasteiger partial charge in [-0.2, -0.15) is 0 Å². The van der Waals surface area contributed by atoms with Crippen LogP contribution in [0.4, 0.5) is 0 Å². The third-order valence-electron chi connectivity index (χ3n) is 4.58. The molecule has 0 aliphatic heterocycles. The molecule has 4 rings (SSSR count). The Morgan fingerprint density at radius 2 is 2.08 bits per heavy atom. The van der Waals surface area contributed by atoms with Crippen molar-refractivity contribution in [2.75, 3.05) is 0 Å². The molecule has 0 aliphatic carbocycles. The van der Waals surface area contributed by atoms with E-state index in [1.54, 1.807) is 0 Å². The van der Waals surface area contributed by atoms with E-state index < -0.39 is 0 Å². The Morgan fingerprint density at radius 3 is 2.83 bits per heavy atom. The molecule has 1 aromatic carbocycles. The highest BCUT2D eigenvalue weighted by Crippen LogP contribution is 2.36. The van der Waals surface area contributed by atoms with E-state index >= 15 is 0 Å². The van der Waals surface area contributed by atoms with Crippen molar-refractivity contribution in [3.05, 3.63) is 64.9 Å². The molecule has 0 aliphatic rings. The highest BCUT2D eigenvalue weighted by Gasteiger charge is 2.17. The molecule has 24 heavy (non-hydrogen) atoms. The van der Waals surface area contributed by atoms with Gasteiger partial charge in [0.1, 0.15) is 11.3 Å². The number of benzene rings is 1. The minimum Gasteiger partial charge on any atom is -0.352 e. The number of pyridine rings is 1. The minimum absolute atomic E-state index is 0.941. The number of nitrogens with one attached hydrogen (secondary N) is 1. The van der Waals surface area contributed by atoms with Crippen molar-refractivity contribution in [2.24, 2.45) is 0 Å². The first-order valence-corrected chi connectivity index (χ1v) is 8.83. The quantitative estimate of drug-likeness (QED) is 0.466. The molecular weight excluding hydrogens is 362 g/mol. The van der Waals surface area contributed by atoms with Crippen LogP contribution in [0.15, 0.2) is 53.6 Å².